The number of aromatic nitrogens is 3. The zero-order valence-electron chi connectivity index (χ0n) is 19.4. The average molecular weight is 445 g/mol. The van der Waals surface area contributed by atoms with Gasteiger partial charge in [-0.15, -0.1) is 0 Å². The van der Waals surface area contributed by atoms with Crippen molar-refractivity contribution in [3.63, 3.8) is 0 Å². The maximum atomic E-state index is 12.9. The van der Waals surface area contributed by atoms with Crippen LogP contribution in [0.25, 0.3) is 17.1 Å². The van der Waals surface area contributed by atoms with Crippen molar-refractivity contribution in [1.29, 1.82) is 5.26 Å². The highest BCUT2D eigenvalue weighted by atomic mass is 16.3. The fourth-order valence-corrected chi connectivity index (χ4v) is 4.04. The normalized spacial score (nSPS) is 14.8. The van der Waals surface area contributed by atoms with Crippen LogP contribution in [0.4, 0.5) is 0 Å². The zero-order valence-corrected chi connectivity index (χ0v) is 19.4. The summed E-state index contributed by atoms with van der Waals surface area (Å²) < 4.78 is 1.48. The number of benzene rings is 1. The molecule has 3 aromatic rings. The van der Waals surface area contributed by atoms with Crippen LogP contribution in [0.15, 0.2) is 42.7 Å². The first kappa shape index (κ1) is 22.5. The molecule has 170 valence electrons. The monoisotopic (exact) mass is 444 g/mol. The second kappa shape index (κ2) is 8.68. The van der Waals surface area contributed by atoms with Crippen LogP contribution in [0.3, 0.4) is 0 Å². The Morgan fingerprint density at radius 3 is 2.42 bits per heavy atom. The van der Waals surface area contributed by atoms with E-state index in [1.807, 2.05) is 17.9 Å². The first-order valence-corrected chi connectivity index (χ1v) is 11.0. The molecule has 1 amide bonds. The third kappa shape index (κ3) is 4.59. The minimum Gasteiger partial charge on any atom is -0.504 e. The molecule has 0 unspecified atom stereocenters. The second-order valence-electron chi connectivity index (χ2n) is 9.30. The lowest BCUT2D eigenvalue weighted by molar-refractivity contribution is 0.0451. The summed E-state index contributed by atoms with van der Waals surface area (Å²) in [5, 5.41) is 24.0. The minimum absolute atomic E-state index is 0.0118. The number of hydrogen-bond acceptors (Lipinski definition) is 6. The molecule has 8 nitrogen and oxygen atoms in total. The maximum absolute atomic E-state index is 12.9. The lowest BCUT2D eigenvalue weighted by Crippen LogP contribution is -2.54. The van der Waals surface area contributed by atoms with E-state index in [2.05, 4.69) is 41.8 Å². The van der Waals surface area contributed by atoms with Crippen LogP contribution >= 0.6 is 0 Å². The third-order valence-electron chi connectivity index (χ3n) is 6.06. The summed E-state index contributed by atoms with van der Waals surface area (Å²) in [6, 6.07) is 10.9. The highest BCUT2D eigenvalue weighted by Gasteiger charge is 2.28. The van der Waals surface area contributed by atoms with E-state index in [-0.39, 0.29) is 17.2 Å². The van der Waals surface area contributed by atoms with Crippen molar-refractivity contribution in [2.75, 3.05) is 26.2 Å². The number of nitrogens with zero attached hydrogens (tertiary/aromatic N) is 6. The number of amides is 1. The highest BCUT2D eigenvalue weighted by molar-refractivity contribution is 5.94. The zero-order chi connectivity index (χ0) is 23.8. The molecule has 0 saturated carbocycles. The predicted molar refractivity (Wildman–Crippen MR) is 125 cm³/mol. The van der Waals surface area contributed by atoms with Crippen molar-refractivity contribution in [1.82, 2.24) is 24.6 Å². The lowest BCUT2D eigenvalue weighted by Gasteiger charge is -2.42. The second-order valence-corrected chi connectivity index (χ2v) is 9.30. The quantitative estimate of drug-likeness (QED) is 0.665. The van der Waals surface area contributed by atoms with Crippen LogP contribution < -0.4 is 0 Å². The number of rotatable bonds is 3. The van der Waals surface area contributed by atoms with Crippen molar-refractivity contribution in [3.8, 4) is 28.9 Å². The van der Waals surface area contributed by atoms with Gasteiger partial charge < -0.3 is 10.0 Å². The molecule has 1 aliphatic rings. The van der Waals surface area contributed by atoms with Crippen molar-refractivity contribution in [3.05, 3.63) is 59.4 Å². The van der Waals surface area contributed by atoms with E-state index in [1.165, 1.54) is 10.9 Å². The summed E-state index contributed by atoms with van der Waals surface area (Å²) in [7, 11) is 0. The predicted octanol–water partition coefficient (Wildman–Crippen LogP) is 3.38. The fraction of sp³-hybridized carbons (Fsp3) is 0.360. The molecular formula is C25H28N6O2. The summed E-state index contributed by atoms with van der Waals surface area (Å²) in [5.41, 5.74) is 3.14. The van der Waals surface area contributed by atoms with Gasteiger partial charge in [-0.1, -0.05) is 6.07 Å². The van der Waals surface area contributed by atoms with Gasteiger partial charge in [0.25, 0.3) is 5.91 Å². The lowest BCUT2D eigenvalue weighted by atomic mass is 10.0. The molecule has 1 aromatic carbocycles. The molecule has 4 rings (SSSR count). The Balaban J connectivity index is 1.49. The number of nitriles is 1. The molecule has 1 aliphatic heterocycles. The van der Waals surface area contributed by atoms with Crippen LogP contribution in [0.5, 0.6) is 5.75 Å². The van der Waals surface area contributed by atoms with Crippen LogP contribution in [0.1, 0.15) is 42.3 Å². The first-order valence-electron chi connectivity index (χ1n) is 11.0. The van der Waals surface area contributed by atoms with Crippen LogP contribution in [-0.2, 0) is 0 Å². The van der Waals surface area contributed by atoms with Crippen molar-refractivity contribution < 1.29 is 9.90 Å². The van der Waals surface area contributed by atoms with Gasteiger partial charge in [0.05, 0.1) is 23.4 Å². The highest BCUT2D eigenvalue weighted by Crippen LogP contribution is 2.29. The van der Waals surface area contributed by atoms with Gasteiger partial charge >= 0.3 is 0 Å². The molecule has 3 heterocycles. The Morgan fingerprint density at radius 2 is 1.85 bits per heavy atom. The van der Waals surface area contributed by atoms with E-state index in [4.69, 9.17) is 5.26 Å². The van der Waals surface area contributed by atoms with Gasteiger partial charge in [-0.3, -0.25) is 9.69 Å². The summed E-state index contributed by atoms with van der Waals surface area (Å²) >= 11 is 0. The number of aryl methyl sites for hydroxylation is 1. The van der Waals surface area contributed by atoms with Gasteiger partial charge in [0, 0.05) is 43.5 Å². The van der Waals surface area contributed by atoms with Gasteiger partial charge in [0.2, 0.25) is 0 Å². The van der Waals surface area contributed by atoms with Gasteiger partial charge in [0.1, 0.15) is 5.69 Å². The molecule has 33 heavy (non-hydrogen) atoms. The van der Waals surface area contributed by atoms with E-state index in [9.17, 15) is 9.90 Å². The Kier molecular flexibility index (Phi) is 5.91. The van der Waals surface area contributed by atoms with Gasteiger partial charge in [-0.2, -0.15) is 10.4 Å². The van der Waals surface area contributed by atoms with E-state index in [0.717, 1.165) is 18.7 Å². The SMILES string of the molecule is Cc1cc(-c2nn(-c3ccc(C(=O)N4CCN(C(C)(C)C)CC4)cn3)cc2O)ccc1C#N. The fourth-order valence-electron chi connectivity index (χ4n) is 4.04. The van der Waals surface area contributed by atoms with Gasteiger partial charge in [-0.25, -0.2) is 9.67 Å². The Labute approximate surface area is 193 Å². The van der Waals surface area contributed by atoms with Gasteiger partial charge in [0.15, 0.2) is 11.6 Å². The number of pyridine rings is 1. The molecule has 1 N–H and O–H groups in total. The molecule has 0 aliphatic carbocycles. The average Bonchev–Trinajstić information content (AvgIpc) is 3.19. The van der Waals surface area contributed by atoms with Crippen molar-refractivity contribution in [2.24, 2.45) is 0 Å². The Hall–Kier alpha value is -3.70. The third-order valence-corrected chi connectivity index (χ3v) is 6.06. The summed E-state index contributed by atoms with van der Waals surface area (Å²) in [4.78, 5) is 21.6. The smallest absolute Gasteiger partial charge is 0.255 e. The molecule has 0 atom stereocenters. The molecule has 0 radical (unpaired) electrons. The number of piperazine rings is 1. The summed E-state index contributed by atoms with van der Waals surface area (Å²) in [6.45, 7) is 11.5. The van der Waals surface area contributed by atoms with E-state index < -0.39 is 0 Å². The molecular weight excluding hydrogens is 416 g/mol. The Bertz CT molecular complexity index is 1210. The summed E-state index contributed by atoms with van der Waals surface area (Å²) in [6.07, 6.45) is 3.04. The van der Waals surface area contributed by atoms with Gasteiger partial charge in [-0.05, 0) is 57.5 Å². The van der Waals surface area contributed by atoms with Crippen LogP contribution in [-0.4, -0.2) is 67.3 Å². The number of carbonyl (C=O) groups is 1. The van der Waals surface area contributed by atoms with Crippen molar-refractivity contribution >= 4 is 5.91 Å². The molecule has 1 saturated heterocycles. The first-order chi connectivity index (χ1) is 15.7. The van der Waals surface area contributed by atoms with Crippen LogP contribution in [0.2, 0.25) is 0 Å². The van der Waals surface area contributed by atoms with E-state index in [0.29, 0.717) is 41.3 Å². The topological polar surface area (TPSA) is 98.3 Å². The molecule has 8 heteroatoms. The number of hydrogen-bond donors (Lipinski definition) is 1. The number of aromatic hydroxyl groups is 1. The molecule has 2 aromatic heterocycles. The molecule has 1 fully saturated rings. The largest absolute Gasteiger partial charge is 0.504 e. The minimum atomic E-state index is -0.0281. The number of carbonyl (C=O) groups excluding carboxylic acids is 1. The van der Waals surface area contributed by atoms with Crippen molar-refractivity contribution in [2.45, 2.75) is 33.2 Å². The molecule has 0 bridgehead atoms. The van der Waals surface area contributed by atoms with E-state index >= 15 is 0 Å². The maximum Gasteiger partial charge on any atom is 0.255 e. The van der Waals surface area contributed by atoms with E-state index in [1.54, 1.807) is 30.5 Å². The summed E-state index contributed by atoms with van der Waals surface area (Å²) in [5.74, 6) is 0.480. The molecule has 0 spiro atoms. The Morgan fingerprint density at radius 1 is 1.12 bits per heavy atom. The standard InChI is InChI=1S/C25H28N6O2/c1-17-13-18(5-6-19(17)14-26)23-21(32)16-31(28-23)22-8-7-20(15-27-22)24(33)29-9-11-30(12-10-29)25(2,3)4/h5-8,13,15-16,32H,9-12H2,1-4H3. The van der Waals surface area contributed by atoms with Crippen LogP contribution in [0, 0.1) is 18.3 Å².